The molecule has 0 saturated heterocycles. The van der Waals surface area contributed by atoms with Crippen molar-refractivity contribution in [2.75, 3.05) is 0 Å². The van der Waals surface area contributed by atoms with Crippen molar-refractivity contribution in [3.8, 4) is 16.9 Å². The van der Waals surface area contributed by atoms with E-state index in [0.29, 0.717) is 0 Å². The van der Waals surface area contributed by atoms with E-state index < -0.39 is 16.6 Å². The lowest BCUT2D eigenvalue weighted by Gasteiger charge is -2.43. The highest BCUT2D eigenvalue weighted by atomic mass is 16.5. The first kappa shape index (κ1) is 22.4. The maximum absolute atomic E-state index is 8.52. The molecule has 3 nitrogen and oxygen atoms in total. The van der Waals surface area contributed by atoms with Crippen molar-refractivity contribution in [1.82, 2.24) is 0 Å². The van der Waals surface area contributed by atoms with Crippen molar-refractivity contribution < 1.29 is 14.5 Å². The highest BCUT2D eigenvalue weighted by molar-refractivity contribution is 6.40. The number of fused-ring (bicyclic) bond motifs is 8. The predicted octanol–water partition coefficient (Wildman–Crippen LogP) is 6.24. The third-order valence-electron chi connectivity index (χ3n) is 8.19. The first-order valence-electron chi connectivity index (χ1n) is 12.4. The molecule has 35 heavy (non-hydrogen) atoms. The average molecular weight is 462 g/mol. The number of ether oxygens (including phenoxy) is 1. The molecule has 0 unspecified atom stereocenters. The Hall–Kier alpha value is -3.08. The summed E-state index contributed by atoms with van der Waals surface area (Å²) in [6, 6.07) is 26.1. The minimum absolute atomic E-state index is 0.394. The van der Waals surface area contributed by atoms with Crippen molar-refractivity contribution >= 4 is 7.48 Å². The van der Waals surface area contributed by atoms with Crippen LogP contribution in [0.2, 0.25) is 0 Å². The van der Waals surface area contributed by atoms with Crippen molar-refractivity contribution in [1.29, 1.82) is 0 Å². The van der Waals surface area contributed by atoms with E-state index >= 15 is 0 Å². The zero-order valence-corrected chi connectivity index (χ0v) is 20.8. The molecule has 3 aliphatic rings. The van der Waals surface area contributed by atoms with Gasteiger partial charge in [-0.2, -0.15) is 0 Å². The summed E-state index contributed by atoms with van der Waals surface area (Å²) in [6.07, 6.45) is 4.04. The molecular weight excluding hydrogens is 431 g/mol. The van der Waals surface area contributed by atoms with E-state index in [1.807, 2.05) is 41.2 Å². The van der Waals surface area contributed by atoms with E-state index in [-0.39, 0.29) is 0 Å². The van der Waals surface area contributed by atoms with Crippen LogP contribution in [-0.2, 0) is 10.1 Å². The first-order chi connectivity index (χ1) is 16.7. The van der Waals surface area contributed by atoms with Crippen molar-refractivity contribution in [3.63, 3.8) is 0 Å². The van der Waals surface area contributed by atoms with Crippen molar-refractivity contribution in [2.24, 2.45) is 0 Å². The van der Waals surface area contributed by atoms with Crippen molar-refractivity contribution in [3.05, 3.63) is 112 Å². The monoisotopic (exact) mass is 462 g/mol. The van der Waals surface area contributed by atoms with Gasteiger partial charge in [0.05, 0.1) is 5.41 Å². The Labute approximate surface area is 208 Å². The largest absolute Gasteiger partial charge is 0.458 e. The Morgan fingerprint density at radius 2 is 1.40 bits per heavy atom. The Morgan fingerprint density at radius 3 is 2.03 bits per heavy atom. The summed E-state index contributed by atoms with van der Waals surface area (Å²) in [5, 5.41) is 8.52. The summed E-state index contributed by atoms with van der Waals surface area (Å²) < 4.78 is 12.9. The summed E-state index contributed by atoms with van der Waals surface area (Å²) in [5.41, 5.74) is 6.87. The normalized spacial score (nSPS) is 17.7. The Bertz CT molecular complexity index is 1340. The van der Waals surface area contributed by atoms with Gasteiger partial charge in [0.2, 0.25) is 0 Å². The highest BCUT2D eigenvalue weighted by Gasteiger charge is 2.52. The molecule has 0 aromatic heterocycles. The molecule has 0 fully saturated rings. The molecule has 2 aliphatic carbocycles. The van der Waals surface area contributed by atoms with Gasteiger partial charge in [-0.1, -0.05) is 72.8 Å². The fraction of sp³-hybridized carbons (Fsp3) is 0.290. The Morgan fingerprint density at radius 1 is 0.829 bits per heavy atom. The molecule has 3 aromatic rings. The molecule has 0 amide bonds. The first-order valence-corrected chi connectivity index (χ1v) is 12.4. The van der Waals surface area contributed by atoms with Gasteiger partial charge >= 0.3 is 7.48 Å². The second-order valence-corrected chi connectivity index (χ2v) is 10.8. The van der Waals surface area contributed by atoms with Gasteiger partial charge in [0.25, 0.3) is 0 Å². The van der Waals surface area contributed by atoms with Crippen LogP contribution in [0.5, 0.6) is 5.75 Å². The number of allylic oxidation sites excluding steroid dienone is 3. The van der Waals surface area contributed by atoms with Gasteiger partial charge in [0, 0.05) is 19.4 Å². The number of hydrogen-bond acceptors (Lipinski definition) is 2. The lowest BCUT2D eigenvalue weighted by Crippen LogP contribution is -2.48. The van der Waals surface area contributed by atoms with Crippen LogP contribution in [0.25, 0.3) is 11.1 Å². The molecule has 1 radical (unpaired) electrons. The zero-order chi connectivity index (χ0) is 24.4. The van der Waals surface area contributed by atoms with E-state index in [4.69, 9.17) is 14.5 Å². The number of para-hydroxylation sites is 1. The predicted molar refractivity (Wildman–Crippen MR) is 142 cm³/mol. The molecule has 0 bridgehead atoms. The molecule has 1 aliphatic heterocycles. The van der Waals surface area contributed by atoms with Crippen LogP contribution in [0.15, 0.2) is 95.7 Å². The second kappa shape index (κ2) is 7.71. The molecule has 1 heterocycles. The third kappa shape index (κ3) is 3.13. The number of hydrogen-bond donors (Lipinski definition) is 0. The standard InChI is InChI=1S/C31H30BO3/c1-29(2,33)30(3,4)35-32-26-18-11-17-25-28(26)34-27-19-10-9-16-24(27)31(25)22-14-7-5-12-20(22)21-13-6-8-15-23(21)31/h5-10,12-16,18-19,33H,11,17H2,1-4H3/p+1. The van der Waals surface area contributed by atoms with Gasteiger partial charge in [0.15, 0.2) is 5.60 Å². The van der Waals surface area contributed by atoms with Gasteiger partial charge in [-0.05, 0) is 66.1 Å². The van der Waals surface area contributed by atoms with Crippen molar-refractivity contribution in [2.45, 2.75) is 57.2 Å². The maximum atomic E-state index is 8.52. The van der Waals surface area contributed by atoms with Gasteiger partial charge in [-0.3, -0.25) is 0 Å². The topological polar surface area (TPSA) is 41.4 Å². The summed E-state index contributed by atoms with van der Waals surface area (Å²) in [7, 11) is 1.82. The summed E-state index contributed by atoms with van der Waals surface area (Å²) in [6.45, 7) is 7.71. The third-order valence-corrected chi connectivity index (χ3v) is 8.19. The summed E-state index contributed by atoms with van der Waals surface area (Å²) in [4.78, 5) is 0. The van der Waals surface area contributed by atoms with Gasteiger partial charge in [0.1, 0.15) is 17.1 Å². The lowest BCUT2D eigenvalue weighted by atomic mass is 9.61. The average Bonchev–Trinajstić information content (AvgIpc) is 3.14. The molecular formula is C31H31BO3+. The van der Waals surface area contributed by atoms with E-state index in [1.54, 1.807) is 0 Å². The Kier molecular flexibility index (Phi) is 4.93. The minimum Gasteiger partial charge on any atom is -0.458 e. The van der Waals surface area contributed by atoms with Crippen LogP contribution in [0, 0.1) is 0 Å². The van der Waals surface area contributed by atoms with Gasteiger partial charge < -0.3 is 14.5 Å². The van der Waals surface area contributed by atoms with E-state index in [2.05, 4.69) is 72.8 Å². The quantitative estimate of drug-likeness (QED) is 0.340. The maximum Gasteiger partial charge on any atom is 0.334 e. The zero-order valence-electron chi connectivity index (χ0n) is 20.8. The molecule has 2 N–H and O–H groups in total. The SMILES string of the molecule is CC(C)([OH2+])C(C)(C)O[B]C1=CCCC2=C1Oc1ccccc1C21c2ccccc2-c2ccccc21. The Balaban J connectivity index is 1.57. The van der Waals surface area contributed by atoms with Crippen LogP contribution in [-0.4, -0.2) is 23.8 Å². The summed E-state index contributed by atoms with van der Waals surface area (Å²) in [5.74, 6) is 1.78. The van der Waals surface area contributed by atoms with Crippen LogP contribution in [0.3, 0.4) is 0 Å². The fourth-order valence-electron chi connectivity index (χ4n) is 5.68. The van der Waals surface area contributed by atoms with E-state index in [9.17, 15) is 0 Å². The molecule has 6 rings (SSSR count). The molecule has 3 aromatic carbocycles. The second-order valence-electron chi connectivity index (χ2n) is 10.8. The minimum atomic E-state index is -0.749. The molecule has 4 heteroatoms. The van der Waals surface area contributed by atoms with Crippen LogP contribution in [0.4, 0.5) is 0 Å². The van der Waals surface area contributed by atoms with Crippen LogP contribution >= 0.6 is 0 Å². The molecule has 175 valence electrons. The van der Waals surface area contributed by atoms with Crippen LogP contribution in [0.1, 0.15) is 57.2 Å². The molecule has 0 saturated carbocycles. The fourth-order valence-corrected chi connectivity index (χ4v) is 5.68. The summed E-state index contributed by atoms with van der Waals surface area (Å²) >= 11 is 0. The lowest BCUT2D eigenvalue weighted by molar-refractivity contribution is -0.0897. The number of rotatable bonds is 4. The van der Waals surface area contributed by atoms with E-state index in [0.717, 1.165) is 29.8 Å². The van der Waals surface area contributed by atoms with Gasteiger partial charge in [-0.25, -0.2) is 0 Å². The van der Waals surface area contributed by atoms with Crippen LogP contribution < -0.4 is 4.74 Å². The van der Waals surface area contributed by atoms with E-state index in [1.165, 1.54) is 33.4 Å². The molecule has 1 spiro atoms. The van der Waals surface area contributed by atoms with Gasteiger partial charge in [-0.15, -0.1) is 0 Å². The molecule has 0 atom stereocenters. The number of benzene rings is 3. The smallest absolute Gasteiger partial charge is 0.334 e. The highest BCUT2D eigenvalue weighted by Crippen LogP contribution is 2.62.